The summed E-state index contributed by atoms with van der Waals surface area (Å²) >= 11 is 5.08. The van der Waals surface area contributed by atoms with Crippen molar-refractivity contribution in [3.63, 3.8) is 0 Å². The summed E-state index contributed by atoms with van der Waals surface area (Å²) < 4.78 is 13.6. The van der Waals surface area contributed by atoms with Crippen LogP contribution < -0.4 is 5.32 Å². The molecule has 0 fully saturated rings. The fourth-order valence-electron chi connectivity index (χ4n) is 1.40. The number of nitrogens with one attached hydrogen (secondary N) is 1. The molecule has 0 unspecified atom stereocenters. The van der Waals surface area contributed by atoms with E-state index in [9.17, 15) is 4.39 Å². The lowest BCUT2D eigenvalue weighted by Gasteiger charge is -2.21. The first kappa shape index (κ1) is 12.4. The molecule has 0 atom stereocenters. The predicted molar refractivity (Wildman–Crippen MR) is 66.6 cm³/mol. The normalized spacial score (nSPS) is 19.3. The van der Waals surface area contributed by atoms with Gasteiger partial charge in [-0.3, -0.25) is 0 Å². The van der Waals surface area contributed by atoms with Crippen LogP contribution in [0.3, 0.4) is 0 Å². The molecular formula is C12H18FNS. The third-order valence-electron chi connectivity index (χ3n) is 2.76. The molecule has 84 valence electrons. The lowest BCUT2D eigenvalue weighted by molar-refractivity contribution is 0.268. The standard InChI is InChI=1S/C12H18FNS/c1-8(12(3,4)13)7-10-5-6-11(15)14-9(10)2/h7H,5-6H2,1-4H3,(H,14,15)/b8-7-. The second kappa shape index (κ2) is 4.44. The highest BCUT2D eigenvalue weighted by Crippen LogP contribution is 2.25. The fraction of sp³-hybridized carbons (Fsp3) is 0.583. The molecule has 1 N–H and O–H groups in total. The van der Waals surface area contributed by atoms with E-state index >= 15 is 0 Å². The Balaban J connectivity index is 2.91. The van der Waals surface area contributed by atoms with E-state index in [-0.39, 0.29) is 0 Å². The summed E-state index contributed by atoms with van der Waals surface area (Å²) in [5.41, 5.74) is 1.72. The summed E-state index contributed by atoms with van der Waals surface area (Å²) in [6.07, 6.45) is 3.70. The Hall–Kier alpha value is -0.700. The van der Waals surface area contributed by atoms with Gasteiger partial charge in [-0.25, -0.2) is 4.39 Å². The van der Waals surface area contributed by atoms with E-state index < -0.39 is 5.67 Å². The topological polar surface area (TPSA) is 12.0 Å². The van der Waals surface area contributed by atoms with E-state index in [0.717, 1.165) is 34.7 Å². The van der Waals surface area contributed by atoms with Crippen LogP contribution in [0, 0.1) is 0 Å². The van der Waals surface area contributed by atoms with E-state index in [4.69, 9.17) is 12.2 Å². The SMILES string of the molecule is CC1=C(/C=C(/C)C(C)(C)F)CCC(=S)N1. The summed E-state index contributed by atoms with van der Waals surface area (Å²) in [4.78, 5) is 0.877. The van der Waals surface area contributed by atoms with Crippen LogP contribution in [0.1, 0.15) is 40.5 Å². The number of alkyl halides is 1. The molecule has 0 amide bonds. The van der Waals surface area contributed by atoms with Crippen LogP contribution in [-0.2, 0) is 0 Å². The van der Waals surface area contributed by atoms with Crippen molar-refractivity contribution in [2.45, 2.75) is 46.2 Å². The van der Waals surface area contributed by atoms with Crippen molar-refractivity contribution in [2.75, 3.05) is 0 Å². The van der Waals surface area contributed by atoms with E-state index in [2.05, 4.69) is 5.32 Å². The smallest absolute Gasteiger partial charge is 0.126 e. The Morgan fingerprint density at radius 3 is 2.53 bits per heavy atom. The number of allylic oxidation sites excluding steroid dienone is 4. The van der Waals surface area contributed by atoms with Gasteiger partial charge in [0, 0.05) is 12.1 Å². The summed E-state index contributed by atoms with van der Waals surface area (Å²) in [6.45, 7) is 6.97. The second-order valence-electron chi connectivity index (χ2n) is 4.50. The Morgan fingerprint density at radius 1 is 1.47 bits per heavy atom. The molecule has 0 aliphatic carbocycles. The molecule has 0 saturated heterocycles. The molecule has 1 rings (SSSR count). The van der Waals surface area contributed by atoms with Crippen molar-refractivity contribution in [3.05, 3.63) is 22.9 Å². The zero-order valence-electron chi connectivity index (χ0n) is 9.78. The molecule has 0 spiro atoms. The van der Waals surface area contributed by atoms with Crippen LogP contribution in [0.25, 0.3) is 0 Å². The van der Waals surface area contributed by atoms with Crippen LogP contribution in [-0.4, -0.2) is 10.7 Å². The summed E-state index contributed by atoms with van der Waals surface area (Å²) in [5.74, 6) is 0. The van der Waals surface area contributed by atoms with Gasteiger partial charge in [-0.15, -0.1) is 0 Å². The van der Waals surface area contributed by atoms with Crippen LogP contribution >= 0.6 is 12.2 Å². The van der Waals surface area contributed by atoms with Crippen LogP contribution in [0.2, 0.25) is 0 Å². The first-order chi connectivity index (χ1) is 6.80. The highest BCUT2D eigenvalue weighted by Gasteiger charge is 2.19. The van der Waals surface area contributed by atoms with E-state index in [0.29, 0.717) is 0 Å². The zero-order valence-corrected chi connectivity index (χ0v) is 10.6. The van der Waals surface area contributed by atoms with E-state index in [1.54, 1.807) is 13.8 Å². The number of hydrogen-bond acceptors (Lipinski definition) is 1. The first-order valence-electron chi connectivity index (χ1n) is 5.18. The van der Waals surface area contributed by atoms with Crippen molar-refractivity contribution >= 4 is 17.2 Å². The third kappa shape index (κ3) is 3.42. The maximum absolute atomic E-state index is 13.6. The lowest BCUT2D eigenvalue weighted by atomic mass is 9.95. The van der Waals surface area contributed by atoms with Crippen molar-refractivity contribution in [3.8, 4) is 0 Å². The maximum atomic E-state index is 13.6. The minimum absolute atomic E-state index is 0.756. The average Bonchev–Trinajstić information content (AvgIpc) is 2.08. The molecule has 0 aromatic rings. The molecular weight excluding hydrogens is 209 g/mol. The first-order valence-corrected chi connectivity index (χ1v) is 5.59. The molecule has 1 nitrogen and oxygen atoms in total. The summed E-state index contributed by atoms with van der Waals surface area (Å²) in [7, 11) is 0. The molecule has 0 aromatic heterocycles. The highest BCUT2D eigenvalue weighted by molar-refractivity contribution is 7.80. The quantitative estimate of drug-likeness (QED) is 0.722. The Morgan fingerprint density at radius 2 is 2.07 bits per heavy atom. The van der Waals surface area contributed by atoms with Crippen LogP contribution in [0.4, 0.5) is 4.39 Å². The van der Waals surface area contributed by atoms with Crippen molar-refractivity contribution in [1.29, 1.82) is 0 Å². The molecule has 1 aliphatic heterocycles. The molecule has 0 aromatic carbocycles. The number of hydrogen-bond donors (Lipinski definition) is 1. The minimum Gasteiger partial charge on any atom is -0.353 e. The number of rotatable bonds is 2. The monoisotopic (exact) mass is 227 g/mol. The molecule has 1 aliphatic rings. The lowest BCUT2D eigenvalue weighted by Crippen LogP contribution is -2.25. The van der Waals surface area contributed by atoms with Gasteiger partial charge in [-0.05, 0) is 45.3 Å². The third-order valence-corrected chi connectivity index (χ3v) is 3.06. The van der Waals surface area contributed by atoms with Gasteiger partial charge in [0.25, 0.3) is 0 Å². The average molecular weight is 227 g/mol. The Labute approximate surface area is 96.4 Å². The molecule has 1 heterocycles. The zero-order chi connectivity index (χ0) is 11.6. The van der Waals surface area contributed by atoms with Gasteiger partial charge in [0.1, 0.15) is 5.67 Å². The van der Waals surface area contributed by atoms with E-state index in [1.165, 1.54) is 0 Å². The van der Waals surface area contributed by atoms with E-state index in [1.807, 2.05) is 19.9 Å². The molecule has 0 bridgehead atoms. The largest absolute Gasteiger partial charge is 0.353 e. The van der Waals surface area contributed by atoms with Crippen molar-refractivity contribution in [2.24, 2.45) is 0 Å². The molecule has 0 radical (unpaired) electrons. The fourth-order valence-corrected chi connectivity index (χ4v) is 1.66. The van der Waals surface area contributed by atoms with Crippen molar-refractivity contribution < 1.29 is 4.39 Å². The second-order valence-corrected chi connectivity index (χ2v) is 4.99. The highest BCUT2D eigenvalue weighted by atomic mass is 32.1. The minimum atomic E-state index is -1.24. The van der Waals surface area contributed by atoms with Gasteiger partial charge in [-0.2, -0.15) is 0 Å². The Bertz CT molecular complexity index is 334. The van der Waals surface area contributed by atoms with Crippen LogP contribution in [0.5, 0.6) is 0 Å². The maximum Gasteiger partial charge on any atom is 0.126 e. The van der Waals surface area contributed by atoms with Crippen LogP contribution in [0.15, 0.2) is 22.9 Å². The predicted octanol–water partition coefficient (Wildman–Crippen LogP) is 3.67. The van der Waals surface area contributed by atoms with Gasteiger partial charge in [0.2, 0.25) is 0 Å². The van der Waals surface area contributed by atoms with Gasteiger partial charge in [-0.1, -0.05) is 18.3 Å². The molecule has 3 heteroatoms. The van der Waals surface area contributed by atoms with Crippen molar-refractivity contribution in [1.82, 2.24) is 5.32 Å². The van der Waals surface area contributed by atoms with Gasteiger partial charge in [0.05, 0.1) is 4.99 Å². The van der Waals surface area contributed by atoms with Gasteiger partial charge in [0.15, 0.2) is 0 Å². The number of thiocarbonyl (C=S) groups is 1. The number of halogens is 1. The Kier molecular flexibility index (Phi) is 3.66. The van der Waals surface area contributed by atoms with Gasteiger partial charge < -0.3 is 5.32 Å². The molecule has 0 saturated carbocycles. The van der Waals surface area contributed by atoms with Gasteiger partial charge >= 0.3 is 0 Å². The summed E-state index contributed by atoms with van der Waals surface area (Å²) in [5, 5.41) is 3.13. The molecule has 15 heavy (non-hydrogen) atoms. The summed E-state index contributed by atoms with van der Waals surface area (Å²) in [6, 6.07) is 0.